The van der Waals surface area contributed by atoms with Gasteiger partial charge in [0.1, 0.15) is 5.75 Å². The van der Waals surface area contributed by atoms with Crippen molar-refractivity contribution in [1.29, 1.82) is 0 Å². The Balaban J connectivity index is 1.93. The van der Waals surface area contributed by atoms with Gasteiger partial charge in [0.05, 0.1) is 6.61 Å². The smallest absolute Gasteiger partial charge is 0.122 e. The van der Waals surface area contributed by atoms with Crippen molar-refractivity contribution in [2.45, 2.75) is 19.3 Å². The molecule has 2 nitrogen and oxygen atoms in total. The number of fused-ring (bicyclic) bond motifs is 1. The van der Waals surface area contributed by atoms with Crippen LogP contribution in [0.25, 0.3) is 0 Å². The van der Waals surface area contributed by atoms with E-state index in [9.17, 15) is 0 Å². The highest BCUT2D eigenvalue weighted by Gasteiger charge is 2.10. The van der Waals surface area contributed by atoms with Gasteiger partial charge >= 0.3 is 0 Å². The lowest BCUT2D eigenvalue weighted by atomic mass is 10.0. The highest BCUT2D eigenvalue weighted by molar-refractivity contribution is 6.18. The summed E-state index contributed by atoms with van der Waals surface area (Å²) in [5.41, 5.74) is 2.77. The highest BCUT2D eigenvalue weighted by Crippen LogP contribution is 2.25. The molecule has 1 aromatic rings. The Morgan fingerprint density at radius 3 is 3.06 bits per heavy atom. The third kappa shape index (κ3) is 3.62. The van der Waals surface area contributed by atoms with Crippen LogP contribution in [0.3, 0.4) is 0 Å². The summed E-state index contributed by atoms with van der Waals surface area (Å²) in [5.74, 6) is 1.78. The van der Waals surface area contributed by atoms with Crippen molar-refractivity contribution in [3.63, 3.8) is 0 Å². The first kappa shape index (κ1) is 12.7. The van der Waals surface area contributed by atoms with E-state index in [1.807, 2.05) is 0 Å². The van der Waals surface area contributed by atoms with E-state index in [2.05, 4.69) is 30.1 Å². The zero-order chi connectivity index (χ0) is 12.1. The van der Waals surface area contributed by atoms with E-state index in [0.717, 1.165) is 44.7 Å². The molecule has 0 aliphatic carbocycles. The largest absolute Gasteiger partial charge is 0.493 e. The molecule has 0 saturated carbocycles. The zero-order valence-corrected chi connectivity index (χ0v) is 11.2. The summed E-state index contributed by atoms with van der Waals surface area (Å²) in [6.07, 6.45) is 3.38. The van der Waals surface area contributed by atoms with Crippen molar-refractivity contribution in [2.75, 3.05) is 32.6 Å². The number of alkyl halides is 1. The van der Waals surface area contributed by atoms with Crippen molar-refractivity contribution in [1.82, 2.24) is 4.90 Å². The van der Waals surface area contributed by atoms with E-state index in [1.54, 1.807) is 0 Å². The number of likely N-dealkylation sites (N-methyl/N-ethyl adjacent to an activating group) is 1. The van der Waals surface area contributed by atoms with Crippen molar-refractivity contribution >= 4 is 11.6 Å². The van der Waals surface area contributed by atoms with E-state index in [0.29, 0.717) is 5.88 Å². The second-order valence-electron chi connectivity index (χ2n) is 4.64. The zero-order valence-electron chi connectivity index (χ0n) is 10.4. The Bertz CT molecular complexity index is 367. The Hall–Kier alpha value is -0.730. The second-order valence-corrected chi connectivity index (χ2v) is 5.01. The first-order valence-electron chi connectivity index (χ1n) is 6.28. The summed E-state index contributed by atoms with van der Waals surface area (Å²) in [6.45, 7) is 2.88. The van der Waals surface area contributed by atoms with Gasteiger partial charge in [0, 0.05) is 19.0 Å². The molecule has 2 rings (SSSR count). The molecule has 0 aromatic heterocycles. The van der Waals surface area contributed by atoms with E-state index in [4.69, 9.17) is 16.3 Å². The minimum Gasteiger partial charge on any atom is -0.493 e. The summed E-state index contributed by atoms with van der Waals surface area (Å²) in [5, 5.41) is 0. The molecule has 3 heteroatoms. The molecule has 1 aliphatic rings. The average molecular weight is 254 g/mol. The number of nitrogens with zero attached hydrogens (tertiary/aromatic N) is 1. The molecule has 17 heavy (non-hydrogen) atoms. The number of ether oxygens (including phenoxy) is 1. The molecule has 1 aromatic carbocycles. The van der Waals surface area contributed by atoms with Crippen LogP contribution in [0.15, 0.2) is 18.2 Å². The fourth-order valence-electron chi connectivity index (χ4n) is 2.15. The lowest BCUT2D eigenvalue weighted by molar-refractivity contribution is 0.288. The lowest BCUT2D eigenvalue weighted by Gasteiger charge is -2.19. The predicted molar refractivity (Wildman–Crippen MR) is 72.2 cm³/mol. The van der Waals surface area contributed by atoms with E-state index >= 15 is 0 Å². The van der Waals surface area contributed by atoms with Gasteiger partial charge in [-0.2, -0.15) is 0 Å². The van der Waals surface area contributed by atoms with Crippen LogP contribution < -0.4 is 4.74 Å². The summed E-state index contributed by atoms with van der Waals surface area (Å²) >= 11 is 5.71. The van der Waals surface area contributed by atoms with Crippen LogP contribution in [0.4, 0.5) is 0 Å². The first-order valence-corrected chi connectivity index (χ1v) is 6.82. The predicted octanol–water partition coefficient (Wildman–Crippen LogP) is 2.72. The van der Waals surface area contributed by atoms with E-state index < -0.39 is 0 Å². The Morgan fingerprint density at radius 2 is 2.24 bits per heavy atom. The van der Waals surface area contributed by atoms with Gasteiger partial charge < -0.3 is 9.64 Å². The maximum absolute atomic E-state index is 5.71. The maximum Gasteiger partial charge on any atom is 0.122 e. The third-order valence-corrected chi connectivity index (χ3v) is 3.39. The molecule has 0 atom stereocenters. The van der Waals surface area contributed by atoms with Gasteiger partial charge in [0.15, 0.2) is 0 Å². The maximum atomic E-state index is 5.71. The highest BCUT2D eigenvalue weighted by atomic mass is 35.5. The summed E-state index contributed by atoms with van der Waals surface area (Å²) in [4.78, 5) is 2.27. The van der Waals surface area contributed by atoms with Crippen molar-refractivity contribution < 1.29 is 4.74 Å². The van der Waals surface area contributed by atoms with Gasteiger partial charge in [-0.05, 0) is 43.5 Å². The molecule has 0 spiro atoms. The minimum atomic E-state index is 0.703. The van der Waals surface area contributed by atoms with E-state index in [-0.39, 0.29) is 0 Å². The Kier molecular flexibility index (Phi) is 4.69. The van der Waals surface area contributed by atoms with Crippen LogP contribution in [0, 0.1) is 0 Å². The number of benzene rings is 1. The number of aryl methyl sites for hydroxylation is 1. The van der Waals surface area contributed by atoms with Crippen LogP contribution in [0.5, 0.6) is 5.75 Å². The lowest BCUT2D eigenvalue weighted by Crippen LogP contribution is -2.23. The number of rotatable bonds is 5. The van der Waals surface area contributed by atoms with E-state index in [1.165, 1.54) is 11.1 Å². The van der Waals surface area contributed by atoms with Gasteiger partial charge in [-0.1, -0.05) is 12.1 Å². The van der Waals surface area contributed by atoms with Crippen molar-refractivity contribution in [3.8, 4) is 5.75 Å². The van der Waals surface area contributed by atoms with Crippen LogP contribution in [-0.2, 0) is 12.8 Å². The molecule has 0 radical (unpaired) electrons. The third-order valence-electron chi connectivity index (χ3n) is 3.22. The normalized spacial score (nSPS) is 14.5. The molecule has 0 amide bonds. The fourth-order valence-corrected chi connectivity index (χ4v) is 2.43. The second kappa shape index (κ2) is 6.27. The molecule has 0 N–H and O–H groups in total. The molecular weight excluding hydrogens is 234 g/mol. The number of halogens is 1. The molecule has 1 aliphatic heterocycles. The van der Waals surface area contributed by atoms with Gasteiger partial charge in [-0.25, -0.2) is 0 Å². The summed E-state index contributed by atoms with van der Waals surface area (Å²) < 4.78 is 5.61. The SMILES string of the molecule is CN(CCCl)CCc1ccc2c(c1)CCCO2. The van der Waals surface area contributed by atoms with Crippen LogP contribution >= 0.6 is 11.6 Å². The average Bonchev–Trinajstić information content (AvgIpc) is 2.36. The van der Waals surface area contributed by atoms with Crippen LogP contribution in [0.1, 0.15) is 17.5 Å². The first-order chi connectivity index (χ1) is 8.29. The van der Waals surface area contributed by atoms with Crippen LogP contribution in [-0.4, -0.2) is 37.5 Å². The molecule has 94 valence electrons. The van der Waals surface area contributed by atoms with Crippen molar-refractivity contribution in [3.05, 3.63) is 29.3 Å². The Labute approximate surface area is 109 Å². The van der Waals surface area contributed by atoms with Gasteiger partial charge in [-0.3, -0.25) is 0 Å². The molecule has 0 unspecified atom stereocenters. The molecule has 0 bridgehead atoms. The van der Waals surface area contributed by atoms with Gasteiger partial charge in [-0.15, -0.1) is 11.6 Å². The summed E-state index contributed by atoms with van der Waals surface area (Å²) in [6, 6.07) is 6.59. The van der Waals surface area contributed by atoms with Crippen molar-refractivity contribution in [2.24, 2.45) is 0 Å². The molecule has 0 fully saturated rings. The quantitative estimate of drug-likeness (QED) is 0.749. The minimum absolute atomic E-state index is 0.703. The molecule has 0 saturated heterocycles. The molecular formula is C14H20ClNO. The Morgan fingerprint density at radius 1 is 1.35 bits per heavy atom. The van der Waals surface area contributed by atoms with Crippen LogP contribution in [0.2, 0.25) is 0 Å². The summed E-state index contributed by atoms with van der Waals surface area (Å²) in [7, 11) is 2.11. The number of hydrogen-bond donors (Lipinski definition) is 0. The number of hydrogen-bond acceptors (Lipinski definition) is 2. The van der Waals surface area contributed by atoms with Gasteiger partial charge in [0.2, 0.25) is 0 Å². The standard InChI is InChI=1S/C14H20ClNO/c1-16(9-7-15)8-6-12-4-5-14-13(11-12)3-2-10-17-14/h4-5,11H,2-3,6-10H2,1H3. The fraction of sp³-hybridized carbons (Fsp3) is 0.571. The van der Waals surface area contributed by atoms with Gasteiger partial charge in [0.25, 0.3) is 0 Å². The molecule has 1 heterocycles. The topological polar surface area (TPSA) is 12.5 Å². The monoisotopic (exact) mass is 253 g/mol.